The maximum absolute atomic E-state index is 5.90. The lowest BCUT2D eigenvalue weighted by atomic mass is 10.2. The normalized spacial score (nSPS) is 10.3. The third-order valence-corrected chi connectivity index (χ3v) is 3.76. The van der Waals surface area contributed by atoms with E-state index in [4.69, 9.17) is 17.3 Å². The van der Waals surface area contributed by atoms with Crippen LogP contribution < -0.4 is 11.1 Å². The second-order valence-electron chi connectivity index (χ2n) is 3.79. The van der Waals surface area contributed by atoms with Gasteiger partial charge in [0.05, 0.1) is 17.1 Å². The van der Waals surface area contributed by atoms with Crippen LogP contribution >= 0.6 is 27.5 Å². The number of benzene rings is 2. The molecule has 0 aliphatic heterocycles. The van der Waals surface area contributed by atoms with Gasteiger partial charge in [-0.15, -0.1) is 0 Å². The monoisotopic (exact) mass is 310 g/mol. The van der Waals surface area contributed by atoms with Crippen LogP contribution in [0.4, 0.5) is 17.1 Å². The largest absolute Gasteiger partial charge is 0.397 e. The van der Waals surface area contributed by atoms with Gasteiger partial charge in [0, 0.05) is 9.50 Å². The summed E-state index contributed by atoms with van der Waals surface area (Å²) >= 11 is 9.41. The van der Waals surface area contributed by atoms with Crippen LogP contribution in [0, 0.1) is 6.92 Å². The van der Waals surface area contributed by atoms with Gasteiger partial charge in [0.15, 0.2) is 0 Å². The van der Waals surface area contributed by atoms with E-state index in [1.54, 1.807) is 6.07 Å². The third-order valence-electron chi connectivity index (χ3n) is 2.47. The van der Waals surface area contributed by atoms with Crippen LogP contribution in [-0.2, 0) is 0 Å². The van der Waals surface area contributed by atoms with E-state index in [0.717, 1.165) is 15.8 Å². The van der Waals surface area contributed by atoms with Gasteiger partial charge in [0.2, 0.25) is 0 Å². The Labute approximate surface area is 114 Å². The topological polar surface area (TPSA) is 38.0 Å². The Morgan fingerprint density at radius 1 is 1.18 bits per heavy atom. The van der Waals surface area contributed by atoms with Crippen molar-refractivity contribution in [2.75, 3.05) is 11.1 Å². The first-order valence-corrected chi connectivity index (χ1v) is 6.32. The van der Waals surface area contributed by atoms with Crippen LogP contribution in [0.2, 0.25) is 5.02 Å². The molecule has 0 aromatic heterocycles. The van der Waals surface area contributed by atoms with Crippen molar-refractivity contribution in [3.05, 3.63) is 51.5 Å². The highest BCUT2D eigenvalue weighted by Crippen LogP contribution is 2.31. The summed E-state index contributed by atoms with van der Waals surface area (Å²) in [6.07, 6.45) is 0. The average Bonchev–Trinajstić information content (AvgIpc) is 2.28. The van der Waals surface area contributed by atoms with Crippen LogP contribution in [0.3, 0.4) is 0 Å². The summed E-state index contributed by atoms with van der Waals surface area (Å²) in [4.78, 5) is 0. The van der Waals surface area contributed by atoms with Crippen molar-refractivity contribution in [2.24, 2.45) is 0 Å². The molecule has 0 heterocycles. The van der Waals surface area contributed by atoms with E-state index in [1.807, 2.05) is 37.3 Å². The maximum atomic E-state index is 5.90. The molecule has 0 aliphatic rings. The van der Waals surface area contributed by atoms with Gasteiger partial charge in [0.25, 0.3) is 0 Å². The van der Waals surface area contributed by atoms with Crippen molar-refractivity contribution in [1.82, 2.24) is 0 Å². The number of nitrogen functional groups attached to an aromatic ring is 1. The summed E-state index contributed by atoms with van der Waals surface area (Å²) < 4.78 is 1.04. The zero-order valence-corrected chi connectivity index (χ0v) is 11.6. The van der Waals surface area contributed by atoms with Gasteiger partial charge in [0.1, 0.15) is 0 Å². The van der Waals surface area contributed by atoms with Gasteiger partial charge in [-0.25, -0.2) is 0 Å². The molecule has 88 valence electrons. The lowest BCUT2D eigenvalue weighted by molar-refractivity contribution is 1.41. The van der Waals surface area contributed by atoms with E-state index in [9.17, 15) is 0 Å². The summed E-state index contributed by atoms with van der Waals surface area (Å²) in [6, 6.07) is 11.4. The SMILES string of the molecule is Cc1cccc(Nc2ccc(Cl)cc2N)c1Br. The van der Waals surface area contributed by atoms with Gasteiger partial charge >= 0.3 is 0 Å². The van der Waals surface area contributed by atoms with E-state index in [1.165, 1.54) is 5.56 Å². The smallest absolute Gasteiger partial charge is 0.0619 e. The molecule has 3 N–H and O–H groups in total. The Morgan fingerprint density at radius 2 is 1.94 bits per heavy atom. The molecule has 0 spiro atoms. The van der Waals surface area contributed by atoms with Crippen molar-refractivity contribution < 1.29 is 0 Å². The quantitative estimate of drug-likeness (QED) is 0.786. The lowest BCUT2D eigenvalue weighted by Crippen LogP contribution is -1.97. The number of aryl methyl sites for hydroxylation is 1. The fourth-order valence-electron chi connectivity index (χ4n) is 1.54. The maximum Gasteiger partial charge on any atom is 0.0619 e. The molecule has 2 nitrogen and oxygen atoms in total. The number of nitrogens with two attached hydrogens (primary N) is 1. The predicted molar refractivity (Wildman–Crippen MR) is 78.0 cm³/mol. The summed E-state index contributed by atoms with van der Waals surface area (Å²) in [7, 11) is 0. The van der Waals surface area contributed by atoms with Crippen molar-refractivity contribution >= 4 is 44.6 Å². The van der Waals surface area contributed by atoms with E-state index < -0.39 is 0 Å². The minimum Gasteiger partial charge on any atom is -0.397 e. The van der Waals surface area contributed by atoms with Crippen LogP contribution in [0.25, 0.3) is 0 Å². The molecular weight excluding hydrogens is 300 g/mol. The molecular formula is C13H12BrClN2. The van der Waals surface area contributed by atoms with E-state index in [2.05, 4.69) is 21.2 Å². The van der Waals surface area contributed by atoms with Gasteiger partial charge in [-0.3, -0.25) is 0 Å². The zero-order chi connectivity index (χ0) is 12.4. The average molecular weight is 312 g/mol. The van der Waals surface area contributed by atoms with Crippen molar-refractivity contribution in [3.8, 4) is 0 Å². The number of nitrogens with one attached hydrogen (secondary N) is 1. The van der Waals surface area contributed by atoms with Crippen LogP contribution in [-0.4, -0.2) is 0 Å². The van der Waals surface area contributed by atoms with Crippen LogP contribution in [0.15, 0.2) is 40.9 Å². The summed E-state index contributed by atoms with van der Waals surface area (Å²) in [5.41, 5.74) is 9.53. The fourth-order valence-corrected chi connectivity index (χ4v) is 2.08. The summed E-state index contributed by atoms with van der Waals surface area (Å²) in [5, 5.41) is 3.91. The Balaban J connectivity index is 2.35. The van der Waals surface area contributed by atoms with E-state index >= 15 is 0 Å². The standard InChI is InChI=1S/C13H12BrClN2/c1-8-3-2-4-12(13(8)14)17-11-6-5-9(15)7-10(11)16/h2-7,17H,16H2,1H3. The minimum absolute atomic E-state index is 0.630. The van der Waals surface area contributed by atoms with E-state index in [0.29, 0.717) is 10.7 Å². The van der Waals surface area contributed by atoms with Crippen molar-refractivity contribution in [2.45, 2.75) is 6.92 Å². The number of halogens is 2. The predicted octanol–water partition coefficient (Wildman–Crippen LogP) is 4.74. The molecule has 0 aliphatic carbocycles. The Kier molecular flexibility index (Phi) is 3.60. The second kappa shape index (κ2) is 4.98. The number of rotatable bonds is 2. The molecule has 0 fully saturated rings. The first-order chi connectivity index (χ1) is 8.08. The molecule has 0 atom stereocenters. The lowest BCUT2D eigenvalue weighted by Gasteiger charge is -2.12. The molecule has 17 heavy (non-hydrogen) atoms. The summed E-state index contributed by atoms with van der Waals surface area (Å²) in [6.45, 7) is 2.04. The molecule has 0 amide bonds. The minimum atomic E-state index is 0.630. The summed E-state index contributed by atoms with van der Waals surface area (Å²) in [5.74, 6) is 0. The van der Waals surface area contributed by atoms with Gasteiger partial charge in [-0.2, -0.15) is 0 Å². The molecule has 0 radical (unpaired) electrons. The van der Waals surface area contributed by atoms with E-state index in [-0.39, 0.29) is 0 Å². The molecule has 2 aromatic carbocycles. The third kappa shape index (κ3) is 2.73. The Hall–Kier alpha value is -1.19. The Morgan fingerprint density at radius 3 is 2.65 bits per heavy atom. The van der Waals surface area contributed by atoms with Gasteiger partial charge in [-0.1, -0.05) is 23.7 Å². The van der Waals surface area contributed by atoms with Gasteiger partial charge in [-0.05, 0) is 52.7 Å². The number of anilines is 3. The number of hydrogen-bond donors (Lipinski definition) is 2. The fraction of sp³-hybridized carbons (Fsp3) is 0.0769. The van der Waals surface area contributed by atoms with Crippen molar-refractivity contribution in [1.29, 1.82) is 0 Å². The molecule has 0 saturated heterocycles. The molecule has 0 bridgehead atoms. The highest BCUT2D eigenvalue weighted by Gasteiger charge is 2.05. The van der Waals surface area contributed by atoms with Crippen LogP contribution in [0.5, 0.6) is 0 Å². The first kappa shape index (κ1) is 12.3. The molecule has 2 aromatic rings. The highest BCUT2D eigenvalue weighted by molar-refractivity contribution is 9.10. The highest BCUT2D eigenvalue weighted by atomic mass is 79.9. The Bertz CT molecular complexity index is 555. The molecule has 0 saturated carbocycles. The van der Waals surface area contributed by atoms with Crippen molar-refractivity contribution in [3.63, 3.8) is 0 Å². The molecule has 4 heteroatoms. The van der Waals surface area contributed by atoms with Crippen LogP contribution in [0.1, 0.15) is 5.56 Å². The number of hydrogen-bond acceptors (Lipinski definition) is 2. The molecule has 2 rings (SSSR count). The zero-order valence-electron chi connectivity index (χ0n) is 9.30. The first-order valence-electron chi connectivity index (χ1n) is 5.15. The van der Waals surface area contributed by atoms with Gasteiger partial charge < -0.3 is 11.1 Å². The second-order valence-corrected chi connectivity index (χ2v) is 5.02. The molecule has 0 unspecified atom stereocenters.